The van der Waals surface area contributed by atoms with E-state index in [-0.39, 0.29) is 5.41 Å². The van der Waals surface area contributed by atoms with E-state index >= 15 is 0 Å². The first-order chi connectivity index (χ1) is 28.5. The van der Waals surface area contributed by atoms with Gasteiger partial charge >= 0.3 is 0 Å². The third-order valence-electron chi connectivity index (χ3n) is 12.6. The monoisotopic (exact) mass is 739 g/mol. The van der Waals surface area contributed by atoms with Gasteiger partial charge < -0.3 is 4.57 Å². The van der Waals surface area contributed by atoms with E-state index in [1.807, 2.05) is 24.3 Å². The van der Waals surface area contributed by atoms with Crippen LogP contribution in [0.2, 0.25) is 0 Å². The van der Waals surface area contributed by atoms with Crippen LogP contribution < -0.4 is 0 Å². The van der Waals surface area contributed by atoms with Gasteiger partial charge in [-0.1, -0.05) is 166 Å². The molecule has 0 unspecified atom stereocenters. The molecule has 0 atom stereocenters. The third-order valence-corrected chi connectivity index (χ3v) is 12.6. The highest BCUT2D eigenvalue weighted by atomic mass is 15.0. The average molecular weight is 740 g/mol. The van der Waals surface area contributed by atoms with Crippen LogP contribution in [0.15, 0.2) is 188 Å². The Morgan fingerprint density at radius 3 is 1.62 bits per heavy atom. The highest BCUT2D eigenvalue weighted by Gasteiger charge is 2.36. The van der Waals surface area contributed by atoms with Crippen LogP contribution in [0.3, 0.4) is 0 Å². The number of fused-ring (bicyclic) bond motifs is 13. The highest BCUT2D eigenvalue weighted by Crippen LogP contribution is 2.52. The van der Waals surface area contributed by atoms with Gasteiger partial charge in [-0.15, -0.1) is 0 Å². The van der Waals surface area contributed by atoms with Gasteiger partial charge in [0, 0.05) is 44.0 Å². The van der Waals surface area contributed by atoms with Gasteiger partial charge in [0.1, 0.15) is 0 Å². The number of hydrogen-bond donors (Lipinski definition) is 0. The molecule has 58 heavy (non-hydrogen) atoms. The third kappa shape index (κ3) is 4.74. The van der Waals surface area contributed by atoms with Crippen molar-refractivity contribution in [3.63, 3.8) is 0 Å². The fourth-order valence-corrected chi connectivity index (χ4v) is 9.82. The molecule has 0 saturated heterocycles. The van der Waals surface area contributed by atoms with E-state index in [1.165, 1.54) is 76.4 Å². The molecule has 0 bridgehead atoms. The summed E-state index contributed by atoms with van der Waals surface area (Å²) in [5, 5.41) is 10.3. The normalized spacial score (nSPS) is 13.1. The van der Waals surface area contributed by atoms with Crippen LogP contribution in [0, 0.1) is 0 Å². The van der Waals surface area contributed by atoms with E-state index in [0.29, 0.717) is 5.82 Å². The summed E-state index contributed by atoms with van der Waals surface area (Å²) >= 11 is 0. The predicted octanol–water partition coefficient (Wildman–Crippen LogP) is 14.3. The van der Waals surface area contributed by atoms with Crippen molar-refractivity contribution >= 4 is 54.1 Å². The minimum atomic E-state index is -0.129. The molecule has 272 valence electrons. The van der Waals surface area contributed by atoms with Crippen molar-refractivity contribution in [2.45, 2.75) is 19.3 Å². The minimum Gasteiger partial charge on any atom is -0.309 e. The fourth-order valence-electron chi connectivity index (χ4n) is 9.82. The first kappa shape index (κ1) is 32.8. The Bertz CT molecular complexity index is 3360. The molecular weight excluding hydrogens is 703 g/mol. The van der Waals surface area contributed by atoms with Crippen molar-refractivity contribution in [2.24, 2.45) is 0 Å². The molecule has 12 rings (SSSR count). The maximum Gasteiger partial charge on any atom is 0.160 e. The van der Waals surface area contributed by atoms with Crippen molar-refractivity contribution in [1.29, 1.82) is 0 Å². The molecule has 0 fully saturated rings. The van der Waals surface area contributed by atoms with E-state index < -0.39 is 0 Å². The van der Waals surface area contributed by atoms with Gasteiger partial charge in [0.05, 0.1) is 22.4 Å². The molecule has 3 heteroatoms. The number of aromatic nitrogens is 3. The summed E-state index contributed by atoms with van der Waals surface area (Å²) in [4.78, 5) is 10.2. The van der Waals surface area contributed by atoms with Crippen LogP contribution in [-0.4, -0.2) is 14.5 Å². The molecule has 9 aromatic carbocycles. The summed E-state index contributed by atoms with van der Waals surface area (Å²) in [6.45, 7) is 4.74. The van der Waals surface area contributed by atoms with Crippen molar-refractivity contribution in [1.82, 2.24) is 14.5 Å². The second-order valence-electron chi connectivity index (χ2n) is 16.1. The van der Waals surface area contributed by atoms with Crippen LogP contribution in [0.1, 0.15) is 25.0 Å². The van der Waals surface area contributed by atoms with E-state index in [2.05, 4.69) is 182 Å². The first-order valence-electron chi connectivity index (χ1n) is 20.1. The summed E-state index contributed by atoms with van der Waals surface area (Å²) in [6, 6.07) is 68.1. The maximum absolute atomic E-state index is 5.14. The summed E-state index contributed by atoms with van der Waals surface area (Å²) < 4.78 is 2.49. The zero-order valence-electron chi connectivity index (χ0n) is 32.2. The molecule has 2 heterocycles. The van der Waals surface area contributed by atoms with Gasteiger partial charge in [0.2, 0.25) is 0 Å². The lowest BCUT2D eigenvalue weighted by molar-refractivity contribution is 0.661. The van der Waals surface area contributed by atoms with Crippen LogP contribution in [-0.2, 0) is 5.41 Å². The standard InChI is InChI=1S/C55H37N3/c1-55(2)46-24-14-13-22-41(46)44-31-45-51(32-47(44)55)58(50-30-29-43-40-21-10-9-19-38(40)39-20-11-12-23-42(39)52(43)53(45)50)37-27-25-35(26-28-37)49-33-48(34-15-5-3-6-16-34)56-54(57-49)36-17-7-4-8-18-36/h3-33H,1-2H3. The fraction of sp³-hybridized carbons (Fsp3) is 0.0545. The second-order valence-corrected chi connectivity index (χ2v) is 16.1. The number of nitrogens with zero attached hydrogens (tertiary/aromatic N) is 3. The Kier molecular flexibility index (Phi) is 6.98. The first-order valence-corrected chi connectivity index (χ1v) is 20.1. The lowest BCUT2D eigenvalue weighted by Crippen LogP contribution is -2.14. The molecule has 0 N–H and O–H groups in total. The van der Waals surface area contributed by atoms with Gasteiger partial charge in [-0.05, 0) is 85.6 Å². The summed E-state index contributed by atoms with van der Waals surface area (Å²) in [6.07, 6.45) is 0. The lowest BCUT2D eigenvalue weighted by Gasteiger charge is -2.21. The van der Waals surface area contributed by atoms with Crippen LogP contribution in [0.4, 0.5) is 0 Å². The Morgan fingerprint density at radius 1 is 0.379 bits per heavy atom. The molecule has 11 aromatic rings. The molecule has 0 spiro atoms. The summed E-state index contributed by atoms with van der Waals surface area (Å²) in [7, 11) is 0. The molecule has 2 aromatic heterocycles. The van der Waals surface area contributed by atoms with Gasteiger partial charge in [0.15, 0.2) is 5.82 Å². The van der Waals surface area contributed by atoms with Crippen LogP contribution in [0.5, 0.6) is 0 Å². The summed E-state index contributed by atoms with van der Waals surface area (Å²) in [5.74, 6) is 0.715. The smallest absolute Gasteiger partial charge is 0.160 e. The lowest BCUT2D eigenvalue weighted by atomic mass is 9.82. The number of hydrogen-bond acceptors (Lipinski definition) is 2. The van der Waals surface area contributed by atoms with E-state index in [1.54, 1.807) is 0 Å². The maximum atomic E-state index is 5.14. The van der Waals surface area contributed by atoms with Crippen molar-refractivity contribution < 1.29 is 0 Å². The molecule has 1 aliphatic rings. The SMILES string of the molecule is CC1(C)c2ccccc2-c2cc3c4c5c6ccccc6c6ccccc6c5ccc4n(-c4ccc(-c5cc(-c6ccccc6)nc(-c6ccccc6)n5)cc4)c3cc21. The molecule has 0 aliphatic heterocycles. The number of rotatable bonds is 4. The Morgan fingerprint density at radius 2 is 0.931 bits per heavy atom. The van der Waals surface area contributed by atoms with Crippen molar-refractivity contribution in [3.05, 3.63) is 199 Å². The summed E-state index contributed by atoms with van der Waals surface area (Å²) in [5.41, 5.74) is 13.7. The average Bonchev–Trinajstić information content (AvgIpc) is 3.73. The topological polar surface area (TPSA) is 30.7 Å². The molecule has 3 nitrogen and oxygen atoms in total. The zero-order chi connectivity index (χ0) is 38.5. The van der Waals surface area contributed by atoms with E-state index in [0.717, 1.165) is 33.8 Å². The Labute approximate surface area is 336 Å². The van der Waals surface area contributed by atoms with E-state index in [9.17, 15) is 0 Å². The number of benzene rings is 9. The molecule has 0 radical (unpaired) electrons. The molecular formula is C55H37N3. The highest BCUT2D eigenvalue weighted by molar-refractivity contribution is 6.35. The van der Waals surface area contributed by atoms with E-state index in [4.69, 9.17) is 9.97 Å². The molecule has 0 saturated carbocycles. The predicted molar refractivity (Wildman–Crippen MR) is 243 cm³/mol. The van der Waals surface area contributed by atoms with Crippen molar-refractivity contribution in [2.75, 3.05) is 0 Å². The van der Waals surface area contributed by atoms with Gasteiger partial charge in [-0.3, -0.25) is 0 Å². The van der Waals surface area contributed by atoms with Gasteiger partial charge in [-0.2, -0.15) is 0 Å². The molecule has 1 aliphatic carbocycles. The van der Waals surface area contributed by atoms with Crippen molar-refractivity contribution in [3.8, 4) is 50.7 Å². The van der Waals surface area contributed by atoms with Crippen LogP contribution in [0.25, 0.3) is 105 Å². The largest absolute Gasteiger partial charge is 0.309 e. The van der Waals surface area contributed by atoms with Gasteiger partial charge in [0.25, 0.3) is 0 Å². The molecule has 0 amide bonds. The second kappa shape index (κ2) is 12.3. The van der Waals surface area contributed by atoms with Gasteiger partial charge in [-0.25, -0.2) is 9.97 Å². The van der Waals surface area contributed by atoms with Crippen LogP contribution >= 0.6 is 0 Å². The Hall–Kier alpha value is -7.36. The Balaban J connectivity index is 1.13. The minimum absolute atomic E-state index is 0.129. The quantitative estimate of drug-likeness (QED) is 0.168. The zero-order valence-corrected chi connectivity index (χ0v) is 32.2.